The molecule has 0 radical (unpaired) electrons. The summed E-state index contributed by atoms with van der Waals surface area (Å²) in [5.41, 5.74) is 0.307. The second kappa shape index (κ2) is 5.73. The molecule has 0 N–H and O–H groups in total. The van der Waals surface area contributed by atoms with Crippen LogP contribution in [0.1, 0.15) is 38.2 Å². The van der Waals surface area contributed by atoms with Crippen LogP contribution in [0.3, 0.4) is 0 Å². The Balaban J connectivity index is 1.87. The standard InChI is InChI=1S/C16H21NO4/c1-2-19-14(18)15(13-4-3-9-17-12-13)5-7-16(8-6-15)20-10-11-21-16/h3-4,9,12H,2,5-8,10-11H2,1H3. The average molecular weight is 291 g/mol. The van der Waals surface area contributed by atoms with Crippen molar-refractivity contribution in [1.82, 2.24) is 4.98 Å². The molecule has 114 valence electrons. The van der Waals surface area contributed by atoms with Gasteiger partial charge in [-0.1, -0.05) is 6.07 Å². The summed E-state index contributed by atoms with van der Waals surface area (Å²) in [4.78, 5) is 16.8. The van der Waals surface area contributed by atoms with Crippen LogP contribution in [0, 0.1) is 0 Å². The Morgan fingerprint density at radius 3 is 2.57 bits per heavy atom. The van der Waals surface area contributed by atoms with Crippen molar-refractivity contribution >= 4 is 5.97 Å². The van der Waals surface area contributed by atoms with E-state index in [2.05, 4.69) is 4.98 Å². The van der Waals surface area contributed by atoms with Crippen LogP contribution in [0.25, 0.3) is 0 Å². The molecule has 5 nitrogen and oxygen atoms in total. The fourth-order valence-corrected chi connectivity index (χ4v) is 3.37. The van der Waals surface area contributed by atoms with Gasteiger partial charge in [-0.3, -0.25) is 9.78 Å². The molecule has 0 bridgehead atoms. The third kappa shape index (κ3) is 2.56. The lowest BCUT2D eigenvalue weighted by molar-refractivity contribution is -0.191. The molecule has 2 heterocycles. The molecule has 5 heteroatoms. The predicted octanol–water partition coefficient (Wildman–Crippen LogP) is 2.20. The van der Waals surface area contributed by atoms with E-state index in [0.29, 0.717) is 45.5 Å². The van der Waals surface area contributed by atoms with E-state index >= 15 is 0 Å². The summed E-state index contributed by atoms with van der Waals surface area (Å²) in [6.45, 7) is 3.50. The summed E-state index contributed by atoms with van der Waals surface area (Å²) in [5, 5.41) is 0. The zero-order chi connectivity index (χ0) is 14.8. The number of ether oxygens (including phenoxy) is 3. The normalized spacial score (nSPS) is 23.1. The Morgan fingerprint density at radius 2 is 2.00 bits per heavy atom. The molecule has 21 heavy (non-hydrogen) atoms. The van der Waals surface area contributed by atoms with Crippen LogP contribution in [0.2, 0.25) is 0 Å². The number of nitrogens with zero attached hydrogens (tertiary/aromatic N) is 1. The van der Waals surface area contributed by atoms with Crippen molar-refractivity contribution < 1.29 is 19.0 Å². The van der Waals surface area contributed by atoms with Crippen molar-refractivity contribution in [3.05, 3.63) is 30.1 Å². The van der Waals surface area contributed by atoms with Crippen LogP contribution >= 0.6 is 0 Å². The zero-order valence-electron chi connectivity index (χ0n) is 12.3. The van der Waals surface area contributed by atoms with E-state index in [-0.39, 0.29) is 5.97 Å². The van der Waals surface area contributed by atoms with Gasteiger partial charge in [-0.15, -0.1) is 0 Å². The first-order valence-corrected chi connectivity index (χ1v) is 7.56. The fourth-order valence-electron chi connectivity index (χ4n) is 3.37. The van der Waals surface area contributed by atoms with Crippen molar-refractivity contribution in [3.63, 3.8) is 0 Å². The van der Waals surface area contributed by atoms with Gasteiger partial charge in [0.2, 0.25) is 0 Å². The largest absolute Gasteiger partial charge is 0.465 e. The number of hydrogen-bond donors (Lipinski definition) is 0. The lowest BCUT2D eigenvalue weighted by Gasteiger charge is -2.42. The van der Waals surface area contributed by atoms with Gasteiger partial charge in [0.05, 0.1) is 25.2 Å². The number of hydrogen-bond acceptors (Lipinski definition) is 5. The van der Waals surface area contributed by atoms with Crippen LogP contribution in [0.15, 0.2) is 24.5 Å². The zero-order valence-corrected chi connectivity index (χ0v) is 12.3. The highest BCUT2D eigenvalue weighted by Crippen LogP contribution is 2.46. The number of carbonyl (C=O) groups excluding carboxylic acids is 1. The van der Waals surface area contributed by atoms with Gasteiger partial charge in [0, 0.05) is 25.2 Å². The summed E-state index contributed by atoms with van der Waals surface area (Å²) in [6.07, 6.45) is 6.23. The number of aromatic nitrogens is 1. The van der Waals surface area contributed by atoms with Gasteiger partial charge in [0.25, 0.3) is 0 Å². The number of carbonyl (C=O) groups is 1. The molecular weight excluding hydrogens is 270 g/mol. The maximum Gasteiger partial charge on any atom is 0.316 e. The molecule has 1 aromatic rings. The quantitative estimate of drug-likeness (QED) is 0.799. The third-order valence-electron chi connectivity index (χ3n) is 4.56. The highest BCUT2D eigenvalue weighted by molar-refractivity contribution is 5.83. The van der Waals surface area contributed by atoms with Gasteiger partial charge < -0.3 is 14.2 Å². The minimum Gasteiger partial charge on any atom is -0.465 e. The van der Waals surface area contributed by atoms with Gasteiger partial charge in [0.1, 0.15) is 0 Å². The second-order valence-corrected chi connectivity index (χ2v) is 5.65. The van der Waals surface area contributed by atoms with Crippen LogP contribution in [-0.4, -0.2) is 36.6 Å². The third-order valence-corrected chi connectivity index (χ3v) is 4.56. The van der Waals surface area contributed by atoms with E-state index in [1.165, 1.54) is 0 Å². The molecule has 2 fully saturated rings. The van der Waals surface area contributed by atoms with Crippen molar-refractivity contribution in [3.8, 4) is 0 Å². The van der Waals surface area contributed by atoms with E-state index in [1.54, 1.807) is 12.4 Å². The molecule has 1 spiro atoms. The fraction of sp³-hybridized carbons (Fsp3) is 0.625. The highest BCUT2D eigenvalue weighted by atomic mass is 16.7. The summed E-state index contributed by atoms with van der Waals surface area (Å²) < 4.78 is 16.9. The Hall–Kier alpha value is -1.46. The van der Waals surface area contributed by atoms with Crippen LogP contribution in [0.4, 0.5) is 0 Å². The van der Waals surface area contributed by atoms with Crippen LogP contribution in [0.5, 0.6) is 0 Å². The Morgan fingerprint density at radius 1 is 1.29 bits per heavy atom. The van der Waals surface area contributed by atoms with Crippen LogP contribution < -0.4 is 0 Å². The van der Waals surface area contributed by atoms with Gasteiger partial charge in [-0.25, -0.2) is 0 Å². The smallest absolute Gasteiger partial charge is 0.316 e. The number of rotatable bonds is 3. The van der Waals surface area contributed by atoms with Crippen molar-refractivity contribution in [2.45, 2.75) is 43.8 Å². The summed E-state index contributed by atoms with van der Waals surface area (Å²) in [5.74, 6) is -0.649. The lowest BCUT2D eigenvalue weighted by atomic mass is 9.68. The minimum atomic E-state index is -0.620. The first-order valence-electron chi connectivity index (χ1n) is 7.56. The number of pyridine rings is 1. The molecule has 1 aliphatic carbocycles. The maximum atomic E-state index is 12.6. The summed E-state index contributed by atoms with van der Waals surface area (Å²) in [7, 11) is 0. The lowest BCUT2D eigenvalue weighted by Crippen LogP contribution is -2.47. The molecule has 1 saturated heterocycles. The molecule has 1 aliphatic heterocycles. The topological polar surface area (TPSA) is 57.7 Å². The molecule has 1 aromatic heterocycles. The molecule has 0 unspecified atom stereocenters. The summed E-state index contributed by atoms with van der Waals surface area (Å²) in [6, 6.07) is 3.82. The average Bonchev–Trinajstić information content (AvgIpc) is 2.98. The first kappa shape index (κ1) is 14.5. The van der Waals surface area contributed by atoms with Gasteiger partial charge in [0.15, 0.2) is 5.79 Å². The highest BCUT2D eigenvalue weighted by Gasteiger charge is 2.51. The van der Waals surface area contributed by atoms with Crippen molar-refractivity contribution in [2.75, 3.05) is 19.8 Å². The molecule has 2 aliphatic rings. The molecule has 0 aromatic carbocycles. The van der Waals surface area contributed by atoms with Gasteiger partial charge in [-0.05, 0) is 31.4 Å². The predicted molar refractivity (Wildman–Crippen MR) is 75.7 cm³/mol. The number of esters is 1. The van der Waals surface area contributed by atoms with E-state index in [9.17, 15) is 4.79 Å². The molecular formula is C16H21NO4. The second-order valence-electron chi connectivity index (χ2n) is 5.65. The van der Waals surface area contributed by atoms with Crippen molar-refractivity contribution in [1.29, 1.82) is 0 Å². The molecule has 0 atom stereocenters. The van der Waals surface area contributed by atoms with E-state index < -0.39 is 11.2 Å². The Kier molecular flexibility index (Phi) is 3.95. The maximum absolute atomic E-state index is 12.6. The van der Waals surface area contributed by atoms with Crippen LogP contribution in [-0.2, 0) is 24.4 Å². The van der Waals surface area contributed by atoms with Gasteiger partial charge in [-0.2, -0.15) is 0 Å². The molecule has 3 rings (SSSR count). The van der Waals surface area contributed by atoms with E-state index in [4.69, 9.17) is 14.2 Å². The molecule has 1 saturated carbocycles. The van der Waals surface area contributed by atoms with E-state index in [1.807, 2.05) is 19.1 Å². The molecule has 0 amide bonds. The van der Waals surface area contributed by atoms with Gasteiger partial charge >= 0.3 is 5.97 Å². The summed E-state index contributed by atoms with van der Waals surface area (Å²) >= 11 is 0. The van der Waals surface area contributed by atoms with Crippen molar-refractivity contribution in [2.24, 2.45) is 0 Å². The SMILES string of the molecule is CCOC(=O)C1(c2cccnc2)CCC2(CC1)OCCO2. The Labute approximate surface area is 124 Å². The monoisotopic (exact) mass is 291 g/mol. The minimum absolute atomic E-state index is 0.161. The Bertz CT molecular complexity index is 486. The first-order chi connectivity index (χ1) is 10.2. The van der Waals surface area contributed by atoms with E-state index in [0.717, 1.165) is 5.56 Å².